The smallest absolute Gasteiger partial charge is 0.253 e. The number of nitrogens with zero attached hydrogens (tertiary/aromatic N) is 1. The van der Waals surface area contributed by atoms with Crippen LogP contribution in [0.1, 0.15) is 43.0 Å². The van der Waals surface area contributed by atoms with Gasteiger partial charge in [0.05, 0.1) is 5.75 Å². The molecule has 21 heavy (non-hydrogen) atoms. The van der Waals surface area contributed by atoms with E-state index in [0.29, 0.717) is 11.3 Å². The maximum Gasteiger partial charge on any atom is 0.253 e. The number of carbonyl (C=O) groups excluding carboxylic acids is 1. The minimum atomic E-state index is -3.32. The average molecular weight is 310 g/mol. The van der Waals surface area contributed by atoms with Crippen LogP contribution in [0.25, 0.3) is 0 Å². The lowest BCUT2D eigenvalue weighted by molar-refractivity contribution is 0.0761. The summed E-state index contributed by atoms with van der Waals surface area (Å²) < 4.78 is 25.7. The van der Waals surface area contributed by atoms with Crippen molar-refractivity contribution in [1.29, 1.82) is 0 Å². The first kappa shape index (κ1) is 15.8. The molecule has 1 aliphatic rings. The molecule has 1 heterocycles. The van der Waals surface area contributed by atoms with Crippen molar-refractivity contribution in [3.8, 4) is 0 Å². The average Bonchev–Trinajstić information content (AvgIpc) is 2.75. The molecule has 0 atom stereocenters. The first-order valence-electron chi connectivity index (χ1n) is 7.41. The van der Waals surface area contributed by atoms with E-state index in [1.54, 1.807) is 31.2 Å². The Morgan fingerprint density at radius 3 is 2.48 bits per heavy atom. The lowest BCUT2D eigenvalue weighted by Gasteiger charge is -2.20. The molecule has 1 saturated heterocycles. The van der Waals surface area contributed by atoms with Crippen LogP contribution in [-0.2, 0) is 10.0 Å². The molecule has 0 aliphatic carbocycles. The maximum atomic E-state index is 12.5. The summed E-state index contributed by atoms with van der Waals surface area (Å²) >= 11 is 0. The molecule has 1 N–H and O–H groups in total. The van der Waals surface area contributed by atoms with Crippen LogP contribution in [0.5, 0.6) is 0 Å². The van der Waals surface area contributed by atoms with Gasteiger partial charge in [-0.1, -0.05) is 18.9 Å². The van der Waals surface area contributed by atoms with Gasteiger partial charge in [0, 0.05) is 24.3 Å². The van der Waals surface area contributed by atoms with Gasteiger partial charge in [-0.15, -0.1) is 0 Å². The zero-order chi connectivity index (χ0) is 15.3. The summed E-state index contributed by atoms with van der Waals surface area (Å²) in [5.74, 6) is -0.00782. The van der Waals surface area contributed by atoms with Gasteiger partial charge in [-0.25, -0.2) is 8.42 Å². The van der Waals surface area contributed by atoms with Gasteiger partial charge < -0.3 is 4.90 Å². The van der Waals surface area contributed by atoms with Gasteiger partial charge in [0.1, 0.15) is 0 Å². The minimum Gasteiger partial charge on any atom is -0.339 e. The quantitative estimate of drug-likeness (QED) is 0.929. The van der Waals surface area contributed by atoms with Crippen LogP contribution in [0.15, 0.2) is 24.3 Å². The fraction of sp³-hybridized carbons (Fsp3) is 0.533. The van der Waals surface area contributed by atoms with Crippen LogP contribution in [0.4, 0.5) is 5.69 Å². The summed E-state index contributed by atoms with van der Waals surface area (Å²) in [6.45, 7) is 3.14. The molecule has 1 fully saturated rings. The largest absolute Gasteiger partial charge is 0.339 e. The molecule has 1 aromatic carbocycles. The lowest BCUT2D eigenvalue weighted by atomic mass is 10.1. The molecule has 0 radical (unpaired) electrons. The van der Waals surface area contributed by atoms with Crippen LogP contribution < -0.4 is 4.72 Å². The molecule has 2 rings (SSSR count). The molecule has 116 valence electrons. The molecule has 0 aromatic heterocycles. The highest BCUT2D eigenvalue weighted by Crippen LogP contribution is 2.17. The lowest BCUT2D eigenvalue weighted by Crippen LogP contribution is -2.31. The first-order chi connectivity index (χ1) is 10.0. The Bertz CT molecular complexity index is 591. The topological polar surface area (TPSA) is 66.5 Å². The summed E-state index contributed by atoms with van der Waals surface area (Å²) in [5.41, 5.74) is 0.978. The highest BCUT2D eigenvalue weighted by atomic mass is 32.2. The van der Waals surface area contributed by atoms with E-state index >= 15 is 0 Å². The van der Waals surface area contributed by atoms with Crippen molar-refractivity contribution in [2.45, 2.75) is 32.6 Å². The van der Waals surface area contributed by atoms with Crippen molar-refractivity contribution >= 4 is 21.6 Å². The van der Waals surface area contributed by atoms with E-state index in [4.69, 9.17) is 0 Å². The van der Waals surface area contributed by atoms with Gasteiger partial charge in [0.15, 0.2) is 0 Å². The molecule has 5 nitrogen and oxygen atoms in total. The second kappa shape index (κ2) is 6.93. The number of anilines is 1. The fourth-order valence-corrected chi connectivity index (χ4v) is 3.05. The SMILES string of the molecule is CCS(=O)(=O)Nc1cccc(C(=O)N2CCCCCC2)c1. The molecule has 0 unspecified atom stereocenters. The minimum absolute atomic E-state index is 0.0112. The standard InChI is InChI=1S/C15H22N2O3S/c1-2-21(19,20)16-14-9-7-8-13(12-14)15(18)17-10-5-3-4-6-11-17/h7-9,12,16H,2-6,10-11H2,1H3. The summed E-state index contributed by atoms with van der Waals surface area (Å²) in [6.07, 6.45) is 4.40. The van der Waals surface area contributed by atoms with E-state index in [1.807, 2.05) is 4.90 Å². The predicted octanol–water partition coefficient (Wildman–Crippen LogP) is 2.46. The number of rotatable bonds is 4. The number of carbonyl (C=O) groups is 1. The summed E-state index contributed by atoms with van der Waals surface area (Å²) in [6, 6.07) is 6.71. The Kier molecular flexibility index (Phi) is 5.22. The van der Waals surface area contributed by atoms with E-state index in [0.717, 1.165) is 25.9 Å². The number of likely N-dealkylation sites (tertiary alicyclic amines) is 1. The van der Waals surface area contributed by atoms with Crippen LogP contribution in [-0.4, -0.2) is 38.1 Å². The third-order valence-electron chi connectivity index (χ3n) is 3.66. The Balaban J connectivity index is 2.14. The fourth-order valence-electron chi connectivity index (χ4n) is 2.42. The van der Waals surface area contributed by atoms with Crippen molar-refractivity contribution in [3.05, 3.63) is 29.8 Å². The summed E-state index contributed by atoms with van der Waals surface area (Å²) in [7, 11) is -3.32. The Morgan fingerprint density at radius 1 is 1.19 bits per heavy atom. The van der Waals surface area contributed by atoms with Crippen molar-refractivity contribution < 1.29 is 13.2 Å². The monoisotopic (exact) mass is 310 g/mol. The highest BCUT2D eigenvalue weighted by Gasteiger charge is 2.18. The van der Waals surface area contributed by atoms with Crippen molar-refractivity contribution in [2.75, 3.05) is 23.6 Å². The van der Waals surface area contributed by atoms with Crippen molar-refractivity contribution in [2.24, 2.45) is 0 Å². The number of benzene rings is 1. The third kappa shape index (κ3) is 4.46. The zero-order valence-electron chi connectivity index (χ0n) is 12.3. The summed E-state index contributed by atoms with van der Waals surface area (Å²) in [5, 5.41) is 0. The van der Waals surface area contributed by atoms with Crippen LogP contribution >= 0.6 is 0 Å². The molecule has 1 amide bonds. The van der Waals surface area contributed by atoms with E-state index in [-0.39, 0.29) is 11.7 Å². The Morgan fingerprint density at radius 2 is 1.86 bits per heavy atom. The Labute approximate surface area is 126 Å². The van der Waals surface area contributed by atoms with Gasteiger partial charge in [0.25, 0.3) is 5.91 Å². The van der Waals surface area contributed by atoms with E-state index < -0.39 is 10.0 Å². The number of hydrogen-bond acceptors (Lipinski definition) is 3. The van der Waals surface area contributed by atoms with Gasteiger partial charge >= 0.3 is 0 Å². The van der Waals surface area contributed by atoms with Gasteiger partial charge in [0.2, 0.25) is 10.0 Å². The zero-order valence-corrected chi connectivity index (χ0v) is 13.2. The van der Waals surface area contributed by atoms with Crippen LogP contribution in [0.2, 0.25) is 0 Å². The molecule has 6 heteroatoms. The van der Waals surface area contributed by atoms with Crippen molar-refractivity contribution in [3.63, 3.8) is 0 Å². The third-order valence-corrected chi connectivity index (χ3v) is 4.96. The van der Waals surface area contributed by atoms with E-state index in [2.05, 4.69) is 4.72 Å². The molecule has 0 saturated carbocycles. The maximum absolute atomic E-state index is 12.5. The second-order valence-electron chi connectivity index (χ2n) is 5.29. The number of amides is 1. The van der Waals surface area contributed by atoms with Crippen molar-refractivity contribution in [1.82, 2.24) is 4.90 Å². The molecule has 1 aliphatic heterocycles. The number of hydrogen-bond donors (Lipinski definition) is 1. The van der Waals surface area contributed by atoms with Crippen LogP contribution in [0.3, 0.4) is 0 Å². The second-order valence-corrected chi connectivity index (χ2v) is 7.30. The molecular formula is C15H22N2O3S. The van der Waals surface area contributed by atoms with Crippen LogP contribution in [0, 0.1) is 0 Å². The molecule has 1 aromatic rings. The van der Waals surface area contributed by atoms with Gasteiger partial charge in [-0.2, -0.15) is 0 Å². The Hall–Kier alpha value is -1.56. The molecule has 0 spiro atoms. The van der Waals surface area contributed by atoms with E-state index in [1.165, 1.54) is 12.8 Å². The first-order valence-corrected chi connectivity index (χ1v) is 9.07. The number of nitrogens with one attached hydrogen (secondary N) is 1. The van der Waals surface area contributed by atoms with Gasteiger partial charge in [-0.3, -0.25) is 9.52 Å². The van der Waals surface area contributed by atoms with E-state index in [9.17, 15) is 13.2 Å². The summed E-state index contributed by atoms with van der Waals surface area (Å²) in [4.78, 5) is 14.4. The normalized spacial score (nSPS) is 16.3. The van der Waals surface area contributed by atoms with Gasteiger partial charge in [-0.05, 0) is 38.0 Å². The number of sulfonamides is 1. The predicted molar refractivity (Wildman–Crippen MR) is 83.9 cm³/mol. The highest BCUT2D eigenvalue weighted by molar-refractivity contribution is 7.92. The molecule has 0 bridgehead atoms. The molecular weight excluding hydrogens is 288 g/mol.